The zero-order valence-electron chi connectivity index (χ0n) is 11.1. The largest absolute Gasteiger partial charge is 0.397 e. The molecule has 0 aliphatic rings. The smallest absolute Gasteiger partial charge is 0.263 e. The highest BCUT2D eigenvalue weighted by Crippen LogP contribution is 2.37. The molecule has 2 heterocycles. The zero-order valence-corrected chi connectivity index (χ0v) is 14.3. The summed E-state index contributed by atoms with van der Waals surface area (Å²) in [4.78, 5) is 12.9. The molecule has 0 aliphatic heterocycles. The maximum atomic E-state index is 12.3. The summed E-state index contributed by atoms with van der Waals surface area (Å²) in [5, 5.41) is 8.00. The first-order valence-electron chi connectivity index (χ1n) is 6.42. The average molecular weight is 381 g/mol. The number of anilines is 1. The number of nitrogens with two attached hydrogens (primary N) is 1. The van der Waals surface area contributed by atoms with Gasteiger partial charge in [-0.3, -0.25) is 4.79 Å². The summed E-state index contributed by atoms with van der Waals surface area (Å²) in [5.41, 5.74) is 7.92. The maximum absolute atomic E-state index is 12.3. The van der Waals surface area contributed by atoms with Crippen molar-refractivity contribution in [2.24, 2.45) is 0 Å². The number of hydrogen-bond donors (Lipinski definition) is 2. The van der Waals surface area contributed by atoms with Crippen LogP contribution in [0, 0.1) is 0 Å². The molecule has 1 amide bonds. The van der Waals surface area contributed by atoms with Crippen molar-refractivity contribution in [3.05, 3.63) is 49.9 Å². The first kappa shape index (κ1) is 14.6. The molecule has 3 aromatic rings. The Hall–Kier alpha value is -1.37. The van der Waals surface area contributed by atoms with E-state index in [4.69, 9.17) is 5.73 Å². The predicted octanol–water partition coefficient (Wildman–Crippen LogP) is 4.28. The number of rotatable bonds is 4. The van der Waals surface area contributed by atoms with Gasteiger partial charge in [0.05, 0.1) is 5.69 Å². The molecule has 6 heteroatoms. The van der Waals surface area contributed by atoms with Crippen LogP contribution in [0.25, 0.3) is 10.1 Å². The number of nitrogen functional groups attached to an aromatic ring is 1. The second-order valence-corrected chi connectivity index (χ2v) is 7.28. The molecule has 0 atom stereocenters. The van der Waals surface area contributed by atoms with Crippen molar-refractivity contribution in [2.45, 2.75) is 6.42 Å². The number of fused-ring (bicyclic) bond motifs is 1. The molecule has 0 radical (unpaired) electrons. The first-order valence-corrected chi connectivity index (χ1v) is 8.98. The molecule has 0 saturated carbocycles. The molecule has 0 spiro atoms. The van der Waals surface area contributed by atoms with Crippen molar-refractivity contribution in [3.8, 4) is 0 Å². The molecule has 3 rings (SSSR count). The van der Waals surface area contributed by atoms with Gasteiger partial charge in [-0.05, 0) is 40.9 Å². The summed E-state index contributed by atoms with van der Waals surface area (Å²) in [7, 11) is 0. The van der Waals surface area contributed by atoms with E-state index in [1.54, 1.807) is 11.3 Å². The van der Waals surface area contributed by atoms with Crippen LogP contribution >= 0.6 is 38.6 Å². The van der Waals surface area contributed by atoms with Gasteiger partial charge in [-0.15, -0.1) is 11.3 Å². The fourth-order valence-electron chi connectivity index (χ4n) is 2.13. The van der Waals surface area contributed by atoms with Crippen molar-refractivity contribution in [1.82, 2.24) is 5.32 Å². The standard InChI is InChI=1S/C15H13BrN2OS2/c16-10-2-1-3-11-12(10)13(17)14(21-11)15(19)18-6-4-9-5-7-20-8-9/h1-3,5,7-8H,4,6,17H2,(H,18,19). The quantitative estimate of drug-likeness (QED) is 0.709. The third-order valence-electron chi connectivity index (χ3n) is 3.19. The molecule has 0 bridgehead atoms. The predicted molar refractivity (Wildman–Crippen MR) is 94.3 cm³/mol. The van der Waals surface area contributed by atoms with E-state index in [0.29, 0.717) is 17.1 Å². The number of amides is 1. The lowest BCUT2D eigenvalue weighted by Gasteiger charge is -2.03. The highest BCUT2D eigenvalue weighted by atomic mass is 79.9. The van der Waals surface area contributed by atoms with E-state index in [0.717, 1.165) is 21.0 Å². The number of hydrogen-bond acceptors (Lipinski definition) is 4. The summed E-state index contributed by atoms with van der Waals surface area (Å²) in [6, 6.07) is 7.93. The summed E-state index contributed by atoms with van der Waals surface area (Å²) in [6.07, 6.45) is 0.837. The molecule has 108 valence electrons. The van der Waals surface area contributed by atoms with Crippen LogP contribution in [0.5, 0.6) is 0 Å². The molecule has 0 fully saturated rings. The van der Waals surface area contributed by atoms with Crippen molar-refractivity contribution < 1.29 is 4.79 Å². The van der Waals surface area contributed by atoms with Crippen LogP contribution in [0.1, 0.15) is 15.2 Å². The molecular formula is C15H13BrN2OS2. The van der Waals surface area contributed by atoms with Crippen LogP contribution < -0.4 is 11.1 Å². The molecular weight excluding hydrogens is 368 g/mol. The topological polar surface area (TPSA) is 55.1 Å². The molecule has 2 aromatic heterocycles. The number of nitrogens with one attached hydrogen (secondary N) is 1. The Balaban J connectivity index is 1.75. The van der Waals surface area contributed by atoms with Gasteiger partial charge in [0.15, 0.2) is 0 Å². The number of carbonyl (C=O) groups excluding carboxylic acids is 1. The lowest BCUT2D eigenvalue weighted by atomic mass is 10.2. The number of benzene rings is 1. The van der Waals surface area contributed by atoms with E-state index in [-0.39, 0.29) is 5.91 Å². The van der Waals surface area contributed by atoms with Crippen molar-refractivity contribution in [1.29, 1.82) is 0 Å². The van der Waals surface area contributed by atoms with Gasteiger partial charge in [0.1, 0.15) is 4.88 Å². The van der Waals surface area contributed by atoms with E-state index < -0.39 is 0 Å². The third kappa shape index (κ3) is 2.97. The third-order valence-corrected chi connectivity index (χ3v) is 5.75. The molecule has 0 unspecified atom stereocenters. The van der Waals surface area contributed by atoms with E-state index in [1.807, 2.05) is 23.6 Å². The minimum atomic E-state index is -0.101. The molecule has 21 heavy (non-hydrogen) atoms. The Kier molecular flexibility index (Phi) is 4.28. The van der Waals surface area contributed by atoms with Crippen molar-refractivity contribution in [3.63, 3.8) is 0 Å². The highest BCUT2D eigenvalue weighted by molar-refractivity contribution is 9.10. The van der Waals surface area contributed by atoms with Crippen LogP contribution in [0.2, 0.25) is 0 Å². The van der Waals surface area contributed by atoms with E-state index in [9.17, 15) is 4.79 Å². The van der Waals surface area contributed by atoms with Crippen LogP contribution in [-0.4, -0.2) is 12.5 Å². The minimum Gasteiger partial charge on any atom is -0.397 e. The fraction of sp³-hybridized carbons (Fsp3) is 0.133. The van der Waals surface area contributed by atoms with E-state index in [1.165, 1.54) is 16.9 Å². The minimum absolute atomic E-state index is 0.101. The molecule has 3 nitrogen and oxygen atoms in total. The zero-order chi connectivity index (χ0) is 14.8. The fourth-order valence-corrected chi connectivity index (χ4v) is 4.61. The SMILES string of the molecule is Nc1c(C(=O)NCCc2ccsc2)sc2cccc(Br)c12. The van der Waals surface area contributed by atoms with Gasteiger partial charge >= 0.3 is 0 Å². The van der Waals surface area contributed by atoms with Crippen LogP contribution in [0.15, 0.2) is 39.5 Å². The lowest BCUT2D eigenvalue weighted by molar-refractivity contribution is 0.0959. The maximum Gasteiger partial charge on any atom is 0.263 e. The molecule has 1 aromatic carbocycles. The summed E-state index contributed by atoms with van der Waals surface area (Å²) in [6.45, 7) is 0.615. The molecule has 3 N–H and O–H groups in total. The number of thiophene rings is 2. The summed E-state index contributed by atoms with van der Waals surface area (Å²) < 4.78 is 1.94. The van der Waals surface area contributed by atoms with Gasteiger partial charge in [-0.25, -0.2) is 0 Å². The Morgan fingerprint density at radius 3 is 2.90 bits per heavy atom. The second kappa shape index (κ2) is 6.17. The van der Waals surface area contributed by atoms with Gasteiger partial charge in [-0.1, -0.05) is 22.0 Å². The van der Waals surface area contributed by atoms with E-state index in [2.05, 4.69) is 32.7 Å². The van der Waals surface area contributed by atoms with Gasteiger partial charge in [0.2, 0.25) is 0 Å². The van der Waals surface area contributed by atoms with E-state index >= 15 is 0 Å². The van der Waals surface area contributed by atoms with Crippen molar-refractivity contribution in [2.75, 3.05) is 12.3 Å². The molecule has 0 saturated heterocycles. The van der Waals surface area contributed by atoms with Crippen molar-refractivity contribution >= 4 is 60.3 Å². The highest BCUT2D eigenvalue weighted by Gasteiger charge is 2.17. The number of halogens is 1. The number of carbonyl (C=O) groups is 1. The Bertz CT molecular complexity index is 780. The van der Waals surface area contributed by atoms with Gasteiger partial charge in [-0.2, -0.15) is 11.3 Å². The normalized spacial score (nSPS) is 10.9. The average Bonchev–Trinajstić information content (AvgIpc) is 3.08. The lowest BCUT2D eigenvalue weighted by Crippen LogP contribution is -2.25. The Morgan fingerprint density at radius 2 is 2.19 bits per heavy atom. The first-order chi connectivity index (χ1) is 10.2. The van der Waals surface area contributed by atoms with Gasteiger partial charge in [0, 0.05) is 21.1 Å². The second-order valence-electron chi connectivity index (χ2n) is 4.60. The summed E-state index contributed by atoms with van der Waals surface area (Å²) in [5.74, 6) is -0.101. The summed E-state index contributed by atoms with van der Waals surface area (Å²) >= 11 is 6.58. The van der Waals surface area contributed by atoms with Crippen LogP contribution in [-0.2, 0) is 6.42 Å². The van der Waals surface area contributed by atoms with Crippen LogP contribution in [0.3, 0.4) is 0 Å². The van der Waals surface area contributed by atoms with Crippen LogP contribution in [0.4, 0.5) is 5.69 Å². The molecule has 0 aliphatic carbocycles. The Morgan fingerprint density at radius 1 is 1.33 bits per heavy atom. The van der Waals surface area contributed by atoms with Gasteiger partial charge < -0.3 is 11.1 Å². The Labute approximate surface area is 138 Å². The van der Waals surface area contributed by atoms with Gasteiger partial charge in [0.25, 0.3) is 5.91 Å². The monoisotopic (exact) mass is 380 g/mol.